The molecule has 6 heteroatoms. The first-order valence-corrected chi connectivity index (χ1v) is 11.2. The zero-order valence-corrected chi connectivity index (χ0v) is 17.1. The summed E-state index contributed by atoms with van der Waals surface area (Å²) >= 11 is 1.46. The van der Waals surface area contributed by atoms with Gasteiger partial charge in [0.15, 0.2) is 0 Å². The van der Waals surface area contributed by atoms with Crippen LogP contribution in [0.3, 0.4) is 0 Å². The van der Waals surface area contributed by atoms with Crippen molar-refractivity contribution in [2.24, 2.45) is 5.92 Å². The lowest BCUT2D eigenvalue weighted by Crippen LogP contribution is -2.35. The fourth-order valence-electron chi connectivity index (χ4n) is 4.04. The van der Waals surface area contributed by atoms with Crippen molar-refractivity contribution in [3.8, 4) is 0 Å². The van der Waals surface area contributed by atoms with E-state index in [-0.39, 0.29) is 24.2 Å². The molecular weight excluding hydrogens is 387 g/mol. The van der Waals surface area contributed by atoms with Crippen LogP contribution in [-0.4, -0.2) is 24.1 Å². The Labute approximate surface area is 174 Å². The van der Waals surface area contributed by atoms with Gasteiger partial charge in [-0.25, -0.2) is 4.39 Å². The maximum atomic E-state index is 14.1. The van der Waals surface area contributed by atoms with Crippen molar-refractivity contribution in [2.45, 2.75) is 43.5 Å². The summed E-state index contributed by atoms with van der Waals surface area (Å²) in [6.45, 7) is 0.856. The van der Waals surface area contributed by atoms with Crippen molar-refractivity contribution in [3.63, 3.8) is 0 Å². The van der Waals surface area contributed by atoms with Crippen LogP contribution < -0.4 is 10.2 Å². The Bertz CT molecular complexity index is 912. The molecule has 0 unspecified atom stereocenters. The maximum absolute atomic E-state index is 14.1. The average molecular weight is 413 g/mol. The van der Waals surface area contributed by atoms with Crippen molar-refractivity contribution in [2.75, 3.05) is 17.2 Å². The molecule has 152 valence electrons. The Kier molecular flexibility index (Phi) is 6.19. The lowest BCUT2D eigenvalue weighted by Gasteiger charge is -2.29. The Hall–Kier alpha value is -2.34. The number of carbonyl (C=O) groups is 2. The SMILES string of the molecule is O=C(NCC1CCCCC1)c1ccc2c(c1)N(Cc1ccccc1F)C(=O)CS2. The smallest absolute Gasteiger partial charge is 0.251 e. The van der Waals surface area contributed by atoms with Gasteiger partial charge >= 0.3 is 0 Å². The van der Waals surface area contributed by atoms with Gasteiger partial charge in [-0.05, 0) is 43.0 Å². The molecule has 1 aliphatic heterocycles. The third kappa shape index (κ3) is 4.64. The molecule has 0 saturated heterocycles. The second-order valence-corrected chi connectivity index (χ2v) is 8.77. The number of rotatable bonds is 5. The first kappa shape index (κ1) is 20.0. The predicted molar refractivity (Wildman–Crippen MR) is 114 cm³/mol. The molecule has 0 spiro atoms. The number of carbonyl (C=O) groups excluding carboxylic acids is 2. The molecule has 1 heterocycles. The number of fused-ring (bicyclic) bond motifs is 1. The maximum Gasteiger partial charge on any atom is 0.251 e. The van der Waals surface area contributed by atoms with Gasteiger partial charge in [0, 0.05) is 22.6 Å². The van der Waals surface area contributed by atoms with Crippen LogP contribution in [0, 0.1) is 11.7 Å². The molecule has 2 aromatic carbocycles. The molecule has 29 heavy (non-hydrogen) atoms. The highest BCUT2D eigenvalue weighted by molar-refractivity contribution is 8.00. The third-order valence-corrected chi connectivity index (χ3v) is 6.77. The molecule has 0 atom stereocenters. The molecule has 0 bridgehead atoms. The van der Waals surface area contributed by atoms with E-state index >= 15 is 0 Å². The number of nitrogens with one attached hydrogen (secondary N) is 1. The molecule has 2 amide bonds. The predicted octanol–water partition coefficient (Wildman–Crippen LogP) is 4.77. The van der Waals surface area contributed by atoms with E-state index in [1.807, 2.05) is 6.07 Å². The van der Waals surface area contributed by atoms with Gasteiger partial charge < -0.3 is 10.2 Å². The minimum atomic E-state index is -0.332. The highest BCUT2D eigenvalue weighted by atomic mass is 32.2. The van der Waals surface area contributed by atoms with Gasteiger partial charge in [0.05, 0.1) is 18.0 Å². The highest BCUT2D eigenvalue weighted by Crippen LogP contribution is 2.37. The molecule has 0 aromatic heterocycles. The highest BCUT2D eigenvalue weighted by Gasteiger charge is 2.27. The molecule has 4 nitrogen and oxygen atoms in total. The molecule has 1 aliphatic carbocycles. The van der Waals surface area contributed by atoms with Gasteiger partial charge in [-0.1, -0.05) is 37.5 Å². The van der Waals surface area contributed by atoms with Gasteiger partial charge in [-0.2, -0.15) is 0 Å². The second kappa shape index (κ2) is 8.99. The number of benzene rings is 2. The van der Waals surface area contributed by atoms with E-state index in [4.69, 9.17) is 0 Å². The minimum absolute atomic E-state index is 0.0782. The van der Waals surface area contributed by atoms with Crippen LogP contribution in [0.5, 0.6) is 0 Å². The summed E-state index contributed by atoms with van der Waals surface area (Å²) in [6.07, 6.45) is 6.12. The summed E-state index contributed by atoms with van der Waals surface area (Å²) in [4.78, 5) is 27.8. The van der Waals surface area contributed by atoms with Crippen molar-refractivity contribution in [1.82, 2.24) is 5.32 Å². The Morgan fingerprint density at radius 2 is 1.93 bits per heavy atom. The lowest BCUT2D eigenvalue weighted by atomic mass is 9.89. The second-order valence-electron chi connectivity index (χ2n) is 7.76. The Morgan fingerprint density at radius 1 is 1.14 bits per heavy atom. The summed E-state index contributed by atoms with van der Waals surface area (Å²) in [5, 5.41) is 3.05. The largest absolute Gasteiger partial charge is 0.352 e. The quantitative estimate of drug-likeness (QED) is 0.769. The standard InChI is InChI=1S/C23H25FN2O2S/c24-19-9-5-4-8-18(19)14-26-20-12-17(10-11-21(20)29-15-22(26)27)23(28)25-13-16-6-2-1-3-7-16/h4-5,8-12,16H,1-3,6-7,13-15H2,(H,25,28). The van der Waals surface area contributed by atoms with Crippen LogP contribution in [0.1, 0.15) is 48.0 Å². The van der Waals surface area contributed by atoms with Gasteiger partial charge in [0.2, 0.25) is 5.91 Å². The van der Waals surface area contributed by atoms with Crippen molar-refractivity contribution < 1.29 is 14.0 Å². The van der Waals surface area contributed by atoms with Crippen LogP contribution >= 0.6 is 11.8 Å². The van der Waals surface area contributed by atoms with Crippen LogP contribution in [-0.2, 0) is 11.3 Å². The molecule has 1 saturated carbocycles. The fraction of sp³-hybridized carbons (Fsp3) is 0.391. The van der Waals surface area contributed by atoms with Crippen LogP contribution in [0.2, 0.25) is 0 Å². The van der Waals surface area contributed by atoms with Crippen LogP contribution in [0.4, 0.5) is 10.1 Å². The van der Waals surface area contributed by atoms with E-state index in [0.717, 1.165) is 4.90 Å². The number of thioether (sulfide) groups is 1. The fourth-order valence-corrected chi connectivity index (χ4v) is 4.96. The van der Waals surface area contributed by atoms with E-state index in [1.165, 1.54) is 49.9 Å². The van der Waals surface area contributed by atoms with Crippen molar-refractivity contribution in [3.05, 3.63) is 59.4 Å². The monoisotopic (exact) mass is 412 g/mol. The summed E-state index contributed by atoms with van der Waals surface area (Å²) in [7, 11) is 0. The van der Waals surface area contributed by atoms with Crippen LogP contribution in [0.25, 0.3) is 0 Å². The molecule has 1 fully saturated rings. The van der Waals surface area contributed by atoms with E-state index in [2.05, 4.69) is 5.32 Å². The van der Waals surface area contributed by atoms with Crippen LogP contribution in [0.15, 0.2) is 47.4 Å². The normalized spacial score (nSPS) is 17.1. The number of halogens is 1. The molecule has 2 aliphatic rings. The number of anilines is 1. The van der Waals surface area contributed by atoms with E-state index in [0.29, 0.717) is 35.0 Å². The number of hydrogen-bond acceptors (Lipinski definition) is 3. The zero-order valence-electron chi connectivity index (χ0n) is 16.3. The first-order chi connectivity index (χ1) is 14.1. The Balaban J connectivity index is 1.52. The first-order valence-electron chi connectivity index (χ1n) is 10.2. The number of hydrogen-bond donors (Lipinski definition) is 1. The minimum Gasteiger partial charge on any atom is -0.352 e. The summed E-state index contributed by atoms with van der Waals surface area (Å²) in [5.74, 6) is 0.341. The average Bonchev–Trinajstić information content (AvgIpc) is 2.75. The van der Waals surface area contributed by atoms with Crippen molar-refractivity contribution >= 4 is 29.3 Å². The van der Waals surface area contributed by atoms with Gasteiger partial charge in [0.25, 0.3) is 5.91 Å². The third-order valence-electron chi connectivity index (χ3n) is 5.73. The van der Waals surface area contributed by atoms with E-state index in [1.54, 1.807) is 35.2 Å². The number of nitrogens with zero attached hydrogens (tertiary/aromatic N) is 1. The molecular formula is C23H25FN2O2S. The van der Waals surface area contributed by atoms with Gasteiger partial charge in [-0.3, -0.25) is 9.59 Å². The molecule has 2 aromatic rings. The topological polar surface area (TPSA) is 49.4 Å². The van der Waals surface area contributed by atoms with Gasteiger partial charge in [0.1, 0.15) is 5.82 Å². The number of amides is 2. The molecule has 1 N–H and O–H groups in total. The molecule has 0 radical (unpaired) electrons. The summed E-state index contributed by atoms with van der Waals surface area (Å²) < 4.78 is 14.1. The summed E-state index contributed by atoms with van der Waals surface area (Å²) in [5.41, 5.74) is 1.68. The molecule has 4 rings (SSSR count). The van der Waals surface area contributed by atoms with Gasteiger partial charge in [-0.15, -0.1) is 11.8 Å². The zero-order chi connectivity index (χ0) is 20.2. The lowest BCUT2D eigenvalue weighted by molar-refractivity contribution is -0.116. The van der Waals surface area contributed by atoms with Crippen molar-refractivity contribution in [1.29, 1.82) is 0 Å². The van der Waals surface area contributed by atoms with E-state index < -0.39 is 0 Å². The Morgan fingerprint density at radius 3 is 2.72 bits per heavy atom. The summed E-state index contributed by atoms with van der Waals surface area (Å²) in [6, 6.07) is 11.9. The van der Waals surface area contributed by atoms with E-state index in [9.17, 15) is 14.0 Å².